The summed E-state index contributed by atoms with van der Waals surface area (Å²) >= 11 is 0. The Bertz CT molecular complexity index is 715. The molecule has 2 aromatic carbocycles. The number of carbonyl (C=O) groups is 1. The third kappa shape index (κ3) is 3.50. The molecule has 0 unspecified atom stereocenters. The second-order valence-electron chi connectivity index (χ2n) is 5.68. The number of amides is 1. The van der Waals surface area contributed by atoms with E-state index < -0.39 is 11.6 Å². The van der Waals surface area contributed by atoms with Crippen LogP contribution in [-0.2, 0) is 11.3 Å². The van der Waals surface area contributed by atoms with E-state index in [1.165, 1.54) is 0 Å². The Hall–Kier alpha value is -2.43. The highest BCUT2D eigenvalue weighted by molar-refractivity contribution is 5.82. The van der Waals surface area contributed by atoms with Crippen molar-refractivity contribution in [1.82, 2.24) is 5.32 Å². The van der Waals surface area contributed by atoms with Gasteiger partial charge in [0.2, 0.25) is 5.91 Å². The van der Waals surface area contributed by atoms with Crippen molar-refractivity contribution in [3.05, 3.63) is 65.2 Å². The Morgan fingerprint density at radius 2 is 1.96 bits per heavy atom. The molecular weight excluding hydrogens is 300 g/mol. The molecule has 1 N–H and O–H groups in total. The standard InChI is InChI=1S/C18H17F2NO2/c1-23-14-5-2-11(3-6-14)15-9-16(15)18(22)21-10-12-8-13(19)4-7-17(12)20/h2-8,15-16H,9-10H2,1H3,(H,21,22)/t15-,16+/m0/s1. The van der Waals surface area contributed by atoms with E-state index in [1.54, 1.807) is 7.11 Å². The van der Waals surface area contributed by atoms with Crippen LogP contribution >= 0.6 is 0 Å². The van der Waals surface area contributed by atoms with E-state index >= 15 is 0 Å². The monoisotopic (exact) mass is 317 g/mol. The lowest BCUT2D eigenvalue weighted by atomic mass is 10.1. The summed E-state index contributed by atoms with van der Waals surface area (Å²) in [7, 11) is 1.61. The molecule has 2 atom stereocenters. The molecule has 0 spiro atoms. The summed E-state index contributed by atoms with van der Waals surface area (Å²) in [4.78, 5) is 12.1. The molecule has 0 heterocycles. The fourth-order valence-corrected chi connectivity index (χ4v) is 2.70. The molecule has 1 aliphatic carbocycles. The van der Waals surface area contributed by atoms with Gasteiger partial charge in [-0.2, -0.15) is 0 Å². The number of nitrogens with one attached hydrogen (secondary N) is 1. The van der Waals surface area contributed by atoms with Crippen molar-refractivity contribution in [2.24, 2.45) is 5.92 Å². The molecule has 1 saturated carbocycles. The van der Waals surface area contributed by atoms with Crippen LogP contribution in [0.3, 0.4) is 0 Å². The Morgan fingerprint density at radius 1 is 1.22 bits per heavy atom. The lowest BCUT2D eigenvalue weighted by molar-refractivity contribution is -0.122. The van der Waals surface area contributed by atoms with Gasteiger partial charge in [0.05, 0.1) is 7.11 Å². The second kappa shape index (κ2) is 6.36. The lowest BCUT2D eigenvalue weighted by Crippen LogP contribution is -2.25. The number of benzene rings is 2. The molecule has 3 nitrogen and oxygen atoms in total. The van der Waals surface area contributed by atoms with Crippen LogP contribution in [0.1, 0.15) is 23.5 Å². The largest absolute Gasteiger partial charge is 0.497 e. The number of hydrogen-bond donors (Lipinski definition) is 1. The van der Waals surface area contributed by atoms with Crippen LogP contribution in [0.15, 0.2) is 42.5 Å². The van der Waals surface area contributed by atoms with Crippen molar-refractivity contribution in [3.63, 3.8) is 0 Å². The molecule has 3 rings (SSSR count). The van der Waals surface area contributed by atoms with Gasteiger partial charge in [-0.05, 0) is 48.2 Å². The van der Waals surface area contributed by atoms with E-state index in [9.17, 15) is 13.6 Å². The zero-order valence-electron chi connectivity index (χ0n) is 12.7. The first-order valence-electron chi connectivity index (χ1n) is 7.44. The third-order valence-electron chi connectivity index (χ3n) is 4.13. The molecule has 5 heteroatoms. The van der Waals surface area contributed by atoms with Crippen molar-refractivity contribution in [1.29, 1.82) is 0 Å². The second-order valence-corrected chi connectivity index (χ2v) is 5.68. The summed E-state index contributed by atoms with van der Waals surface area (Å²) in [6.45, 7) is -0.00570. The lowest BCUT2D eigenvalue weighted by Gasteiger charge is -2.07. The molecule has 1 amide bonds. The topological polar surface area (TPSA) is 38.3 Å². The summed E-state index contributed by atoms with van der Waals surface area (Å²) < 4.78 is 31.7. The van der Waals surface area contributed by atoms with Gasteiger partial charge in [0.1, 0.15) is 17.4 Å². The van der Waals surface area contributed by atoms with Crippen LogP contribution in [0.25, 0.3) is 0 Å². The van der Waals surface area contributed by atoms with E-state index in [0.29, 0.717) is 0 Å². The molecule has 1 fully saturated rings. The maximum absolute atomic E-state index is 13.5. The van der Waals surface area contributed by atoms with Gasteiger partial charge in [-0.25, -0.2) is 8.78 Å². The highest BCUT2D eigenvalue weighted by Gasteiger charge is 2.43. The Morgan fingerprint density at radius 3 is 2.65 bits per heavy atom. The number of halogens is 2. The molecule has 0 saturated heterocycles. The fraction of sp³-hybridized carbons (Fsp3) is 0.278. The quantitative estimate of drug-likeness (QED) is 0.918. The van der Waals surface area contributed by atoms with E-state index in [1.807, 2.05) is 24.3 Å². The average molecular weight is 317 g/mol. The van der Waals surface area contributed by atoms with E-state index in [0.717, 1.165) is 35.9 Å². The SMILES string of the molecule is COc1ccc([C@@H]2C[C@H]2C(=O)NCc2cc(F)ccc2F)cc1. The first-order valence-corrected chi connectivity index (χ1v) is 7.44. The number of rotatable bonds is 5. The van der Waals surface area contributed by atoms with Crippen LogP contribution in [0, 0.1) is 17.6 Å². The van der Waals surface area contributed by atoms with Gasteiger partial charge in [0.15, 0.2) is 0 Å². The van der Waals surface area contributed by atoms with E-state index in [-0.39, 0.29) is 29.9 Å². The fourth-order valence-electron chi connectivity index (χ4n) is 2.70. The predicted molar refractivity (Wildman–Crippen MR) is 82.0 cm³/mol. The van der Waals surface area contributed by atoms with Crippen molar-refractivity contribution in [3.8, 4) is 5.75 Å². The highest BCUT2D eigenvalue weighted by Crippen LogP contribution is 2.47. The summed E-state index contributed by atoms with van der Waals surface area (Å²) in [6, 6.07) is 10.8. The van der Waals surface area contributed by atoms with Gasteiger partial charge in [-0.1, -0.05) is 12.1 Å². The summed E-state index contributed by atoms with van der Waals surface area (Å²) in [6.07, 6.45) is 0.768. The number of carbonyl (C=O) groups excluding carboxylic acids is 1. The molecule has 1 aliphatic rings. The molecular formula is C18H17F2NO2. The number of methoxy groups -OCH3 is 1. The van der Waals surface area contributed by atoms with Crippen molar-refractivity contribution in [2.45, 2.75) is 18.9 Å². The minimum absolute atomic E-state index is 0.00570. The Kier molecular flexibility index (Phi) is 4.28. The van der Waals surface area contributed by atoms with Crippen LogP contribution in [0.4, 0.5) is 8.78 Å². The first kappa shape index (κ1) is 15.5. The maximum atomic E-state index is 13.5. The van der Waals surface area contributed by atoms with Gasteiger partial charge in [0.25, 0.3) is 0 Å². The van der Waals surface area contributed by atoms with E-state index in [4.69, 9.17) is 4.74 Å². The van der Waals surface area contributed by atoms with Gasteiger partial charge in [0, 0.05) is 18.0 Å². The normalized spacial score (nSPS) is 19.3. The van der Waals surface area contributed by atoms with Crippen LogP contribution in [0.5, 0.6) is 5.75 Å². The van der Waals surface area contributed by atoms with Crippen molar-refractivity contribution < 1.29 is 18.3 Å². The summed E-state index contributed by atoms with van der Waals surface area (Å²) in [5.41, 5.74) is 1.24. The van der Waals surface area contributed by atoms with Gasteiger partial charge in [-0.3, -0.25) is 4.79 Å². The predicted octanol–water partition coefficient (Wildman–Crippen LogP) is 3.39. The average Bonchev–Trinajstić information content (AvgIpc) is 3.36. The van der Waals surface area contributed by atoms with Gasteiger partial charge < -0.3 is 10.1 Å². The zero-order valence-corrected chi connectivity index (χ0v) is 12.7. The molecule has 23 heavy (non-hydrogen) atoms. The molecule has 120 valence electrons. The number of ether oxygens (including phenoxy) is 1. The Balaban J connectivity index is 1.56. The minimum atomic E-state index is -0.519. The Labute approximate surface area is 133 Å². The molecule has 0 radical (unpaired) electrons. The number of hydrogen-bond acceptors (Lipinski definition) is 2. The molecule has 0 aliphatic heterocycles. The van der Waals surface area contributed by atoms with Crippen molar-refractivity contribution >= 4 is 5.91 Å². The van der Waals surface area contributed by atoms with Gasteiger partial charge in [-0.15, -0.1) is 0 Å². The molecule has 0 bridgehead atoms. The van der Waals surface area contributed by atoms with Crippen LogP contribution in [-0.4, -0.2) is 13.0 Å². The van der Waals surface area contributed by atoms with Gasteiger partial charge >= 0.3 is 0 Å². The van der Waals surface area contributed by atoms with E-state index in [2.05, 4.69) is 5.32 Å². The first-order chi connectivity index (χ1) is 11.1. The van der Waals surface area contributed by atoms with Crippen LogP contribution < -0.4 is 10.1 Å². The molecule has 0 aromatic heterocycles. The smallest absolute Gasteiger partial charge is 0.224 e. The third-order valence-corrected chi connectivity index (χ3v) is 4.13. The highest BCUT2D eigenvalue weighted by atomic mass is 19.1. The van der Waals surface area contributed by atoms with Crippen molar-refractivity contribution in [2.75, 3.05) is 7.11 Å². The zero-order chi connectivity index (χ0) is 16.4. The van der Waals surface area contributed by atoms with Crippen LogP contribution in [0.2, 0.25) is 0 Å². The summed E-state index contributed by atoms with van der Waals surface area (Å²) in [5.74, 6) is -0.322. The summed E-state index contributed by atoms with van der Waals surface area (Å²) in [5, 5.41) is 2.68. The maximum Gasteiger partial charge on any atom is 0.224 e. The molecule has 2 aromatic rings. The minimum Gasteiger partial charge on any atom is -0.497 e.